The molecule has 0 radical (unpaired) electrons. The van der Waals surface area contributed by atoms with Gasteiger partial charge in [0.05, 0.1) is 116 Å². The second-order valence-electron chi connectivity index (χ2n) is 27.5. The summed E-state index contributed by atoms with van der Waals surface area (Å²) in [6.45, 7) is 15.8. The summed E-state index contributed by atoms with van der Waals surface area (Å²) in [5.74, 6) is 9.47. The molecular formula is C75H97IN6O27S3. The fourth-order valence-electron chi connectivity index (χ4n) is 13.4. The number of alkyl carbamates (subject to hydrolysis) is 1. The highest BCUT2D eigenvalue weighted by Gasteiger charge is 2.53. The highest BCUT2D eigenvalue weighted by Crippen LogP contribution is 2.49. The van der Waals surface area contributed by atoms with Gasteiger partial charge in [-0.3, -0.25) is 39.6 Å². The van der Waals surface area contributed by atoms with Crippen LogP contribution in [0.25, 0.3) is 0 Å². The van der Waals surface area contributed by atoms with Gasteiger partial charge in [-0.25, -0.2) is 9.59 Å². The number of likely N-dealkylation sites (N-methyl/N-ethyl adjacent to an activating group) is 1. The molecule has 112 heavy (non-hydrogen) atoms. The molecule has 7 aliphatic rings. The Morgan fingerprint density at radius 2 is 1.54 bits per heavy atom. The number of nitrogens with zero attached hydrogens (tertiary/aromatic N) is 3. The number of methoxy groups -OCH3 is 5. The number of carbonyl (C=O) groups excluding carboxylic acids is 7. The summed E-state index contributed by atoms with van der Waals surface area (Å²) in [6.07, 6.45) is -15.6. The fraction of sp³-hybridized carbons (Fsp3) is 0.600. The smallest absolute Gasteiger partial charge is 0.411 e. The molecule has 0 spiro atoms. The molecule has 2 aliphatic carbocycles. The van der Waals surface area contributed by atoms with Crippen molar-refractivity contribution in [2.75, 3.05) is 61.1 Å². The number of carbonyl (C=O) groups is 7. The summed E-state index contributed by atoms with van der Waals surface area (Å²) in [5, 5.41) is 65.5. The second kappa shape index (κ2) is 40.3. The van der Waals surface area contributed by atoms with Gasteiger partial charge in [-0.15, -0.1) is 5.06 Å². The minimum absolute atomic E-state index is 0.00139. The highest BCUT2D eigenvalue weighted by molar-refractivity contribution is 14.1. The SMILES string of the molecule is CCN(C(C)=O)C1COC(OC2C(O[C@H]3C#C/C=C\C#C[C@]4(O)CC(=O)C(NC(=O)OC)=C3/C4=C\CSSC(C)(C)N/N=C(\C)c3ccc(OCCCC(=O)ON4C(=O)CCC4=O)cc3)OC(C)C(NOC3CC(O)C(SC(=O)c4c(C)c(I)c(OC5OC(C)C(O)C(OC)C5O)c(OC)c4OC)C(C)O3)C2O)CC1OC. The molecule has 19 atom stereocenters. The molecule has 2 aromatic rings. The number of ketones is 1. The van der Waals surface area contributed by atoms with Gasteiger partial charge in [0, 0.05) is 70.3 Å². The van der Waals surface area contributed by atoms with Crippen molar-refractivity contribution >= 4 is 102 Å². The number of Topliss-reactive ketones (excluding diaryl/α,β-unsaturated/α-hetero) is 1. The molecule has 9 rings (SSSR count). The van der Waals surface area contributed by atoms with Gasteiger partial charge in [0.15, 0.2) is 41.8 Å². The first-order valence-electron chi connectivity index (χ1n) is 36.1. The maximum absolute atomic E-state index is 14.6. The van der Waals surface area contributed by atoms with Gasteiger partial charge >= 0.3 is 12.1 Å². The van der Waals surface area contributed by atoms with E-state index in [0.29, 0.717) is 32.2 Å². The molecule has 17 unspecified atom stereocenters. The van der Waals surface area contributed by atoms with Gasteiger partial charge in [-0.1, -0.05) is 63.1 Å². The molecule has 37 heteroatoms. The maximum atomic E-state index is 14.6. The first-order chi connectivity index (χ1) is 53.3. The van der Waals surface area contributed by atoms with E-state index in [1.807, 2.05) is 62.4 Å². The Kier molecular flexibility index (Phi) is 32.1. The van der Waals surface area contributed by atoms with Gasteiger partial charge in [0.2, 0.25) is 23.1 Å². The highest BCUT2D eigenvalue weighted by atomic mass is 127. The van der Waals surface area contributed by atoms with E-state index in [1.54, 1.807) is 50.8 Å². The number of halogens is 1. The normalized spacial score (nSPS) is 30.8. The van der Waals surface area contributed by atoms with E-state index >= 15 is 0 Å². The van der Waals surface area contributed by atoms with Crippen molar-refractivity contribution in [1.29, 1.82) is 0 Å². The molecule has 4 amide bonds. The number of hydrogen-bond acceptors (Lipinski definition) is 33. The summed E-state index contributed by atoms with van der Waals surface area (Å²) in [5.41, 5.74) is 5.35. The molecular weight excluding hydrogens is 1640 g/mol. The van der Waals surface area contributed by atoms with Crippen LogP contribution >= 0.6 is 55.9 Å². The maximum Gasteiger partial charge on any atom is 0.411 e. The first kappa shape index (κ1) is 89.3. The Labute approximate surface area is 674 Å². The lowest BCUT2D eigenvalue weighted by atomic mass is 9.75. The number of allylic oxidation sites excluding steroid dienone is 3. The molecule has 2 bridgehead atoms. The van der Waals surface area contributed by atoms with Crippen molar-refractivity contribution in [3.63, 3.8) is 0 Å². The Hall–Kier alpha value is -6.68. The van der Waals surface area contributed by atoms with Crippen molar-refractivity contribution in [3.05, 3.63) is 79.6 Å². The van der Waals surface area contributed by atoms with Crippen molar-refractivity contribution in [2.24, 2.45) is 5.10 Å². The zero-order valence-corrected chi connectivity index (χ0v) is 69.0. The molecule has 33 nitrogen and oxygen atoms in total. The average Bonchev–Trinajstić information content (AvgIpc) is 0.779. The van der Waals surface area contributed by atoms with E-state index in [0.717, 1.165) is 24.4 Å². The molecule has 5 fully saturated rings. The average molecular weight is 1740 g/mol. The largest absolute Gasteiger partial charge is 0.494 e. The molecule has 2 aromatic carbocycles. The third kappa shape index (κ3) is 21.5. The monoisotopic (exact) mass is 1740 g/mol. The number of rotatable bonds is 31. The Balaban J connectivity index is 0.915. The van der Waals surface area contributed by atoms with Crippen LogP contribution in [0.4, 0.5) is 4.79 Å². The summed E-state index contributed by atoms with van der Waals surface area (Å²) in [4.78, 5) is 103. The lowest BCUT2D eigenvalue weighted by Gasteiger charge is -2.47. The van der Waals surface area contributed by atoms with Crippen LogP contribution in [0.15, 0.2) is 64.4 Å². The molecule has 5 saturated heterocycles. The zero-order valence-electron chi connectivity index (χ0n) is 64.4. The Bertz CT molecular complexity index is 3990. The van der Waals surface area contributed by atoms with Gasteiger partial charge in [0.1, 0.15) is 47.2 Å². The van der Waals surface area contributed by atoms with Gasteiger partial charge in [-0.2, -0.15) is 10.6 Å². The van der Waals surface area contributed by atoms with E-state index < -0.39 is 161 Å². The number of hydrogen-bond donors (Lipinski definition) is 8. The second-order valence-corrected chi connectivity index (χ2v) is 32.7. The molecule has 0 aromatic heterocycles. The Morgan fingerprint density at radius 1 is 0.848 bits per heavy atom. The third-order valence-corrected chi connectivity index (χ3v) is 25.0. The summed E-state index contributed by atoms with van der Waals surface area (Å²) in [7, 11) is 9.36. The Morgan fingerprint density at radius 3 is 2.20 bits per heavy atom. The van der Waals surface area contributed by atoms with Crippen LogP contribution in [-0.4, -0.2) is 263 Å². The zero-order chi connectivity index (χ0) is 81.6. The van der Waals surface area contributed by atoms with E-state index in [9.17, 15) is 59.1 Å². The number of ether oxygens (including phenoxy) is 13. The van der Waals surface area contributed by atoms with E-state index in [2.05, 4.69) is 45.0 Å². The van der Waals surface area contributed by atoms with Crippen LogP contribution in [0.5, 0.6) is 23.0 Å². The number of thioether (sulfide) groups is 1. The number of amides is 4. The molecule has 5 heterocycles. The van der Waals surface area contributed by atoms with Crippen LogP contribution in [0.3, 0.4) is 0 Å². The van der Waals surface area contributed by atoms with E-state index in [1.165, 1.54) is 69.1 Å². The van der Waals surface area contributed by atoms with E-state index in [4.69, 9.17) is 71.3 Å². The number of fused-ring (bicyclic) bond motifs is 2. The third-order valence-electron chi connectivity index (χ3n) is 19.3. The van der Waals surface area contributed by atoms with Gasteiger partial charge < -0.3 is 96.8 Å². The summed E-state index contributed by atoms with van der Waals surface area (Å²) in [6, 6.07) is 5.40. The standard InChI is InChI=1S/C75H97IN6O27S3/c1-15-81(42(7)83)46-36-101-54(34-50(46)95-10)106-67-62(90)59(79-108-55-33-47(84)69(41(6)102-55)111-70(92)56-37(2)58(76)65(68(98-13)64(56)96-11)107-71-63(91)66(97-12)61(89)40(5)104-71)39(4)103-72(67)105-49-21-18-16-17-19-30-75(94)35-48(85)60(77-73(93)99-14)57(49)45(75)29-32-110-112-74(8,9)80-78-38(3)43-23-25-44(26-24-43)100-31-20-22-53(88)109-82-51(86)27-28-52(82)87/h16-17,23-26,29,39-41,46-47,49-50,54-55,59,61-63,66-67,69,71-72,79-80,84,89-91,94H,15,20,22,27-28,31-36H2,1-14H3,(H,77,93)/b17-16-,45-29+,78-38+/t39?,40?,41?,46?,47?,49-,50?,54?,55?,59?,61?,62?,63?,66?,67?,69?,71?,72?,75-/m0/s1. The van der Waals surface area contributed by atoms with Crippen molar-refractivity contribution < 1.29 is 130 Å². The number of aliphatic hydroxyl groups is 5. The van der Waals surface area contributed by atoms with Crippen LogP contribution < -0.4 is 35.2 Å². The van der Waals surface area contributed by atoms with Crippen LogP contribution in [0.1, 0.15) is 122 Å². The number of benzene rings is 2. The number of nitrogens with one attached hydrogen (secondary N) is 3. The van der Waals surface area contributed by atoms with E-state index in [-0.39, 0.29) is 103 Å². The predicted octanol–water partition coefficient (Wildman–Crippen LogP) is 4.69. The molecule has 8 N–H and O–H groups in total. The fourth-order valence-corrected chi connectivity index (χ4v) is 17.3. The molecule has 614 valence electrons. The van der Waals surface area contributed by atoms with Crippen molar-refractivity contribution in [2.45, 2.75) is 227 Å². The first-order valence-corrected chi connectivity index (χ1v) is 40.4. The van der Waals surface area contributed by atoms with Crippen LogP contribution in [0.2, 0.25) is 0 Å². The van der Waals surface area contributed by atoms with Crippen LogP contribution in [-0.2, 0) is 76.3 Å². The quantitative estimate of drug-likeness (QED) is 0.00741. The minimum Gasteiger partial charge on any atom is -0.494 e. The van der Waals surface area contributed by atoms with Gasteiger partial charge in [0.25, 0.3) is 11.8 Å². The van der Waals surface area contributed by atoms with Crippen LogP contribution in [0, 0.1) is 34.2 Å². The molecule has 5 aliphatic heterocycles. The van der Waals surface area contributed by atoms with Gasteiger partial charge in [-0.05, 0) is 132 Å². The topological polar surface area (TPSA) is 414 Å². The predicted molar refractivity (Wildman–Crippen MR) is 413 cm³/mol. The van der Waals surface area contributed by atoms with Crippen molar-refractivity contribution in [3.8, 4) is 46.7 Å². The summed E-state index contributed by atoms with van der Waals surface area (Å²) >= 11 is 2.78. The molecule has 0 saturated carbocycles. The number of hydroxylamine groups is 3. The number of aliphatic hydroxyl groups excluding tert-OH is 4. The number of hydrazone groups is 1. The minimum atomic E-state index is -2.22. The lowest BCUT2D eigenvalue weighted by Crippen LogP contribution is -2.65. The van der Waals surface area contributed by atoms with Crippen molar-refractivity contribution in [1.82, 2.24) is 26.2 Å². The summed E-state index contributed by atoms with van der Waals surface area (Å²) < 4.78 is 79.1. The lowest BCUT2D eigenvalue weighted by molar-refractivity contribution is -0.337. The number of imide groups is 1.